The van der Waals surface area contributed by atoms with Crippen LogP contribution in [-0.2, 0) is 10.4 Å². The van der Waals surface area contributed by atoms with Crippen molar-refractivity contribution in [2.75, 3.05) is 24.5 Å². The number of halogens is 6. The summed E-state index contributed by atoms with van der Waals surface area (Å²) in [6.45, 7) is 1.76. The lowest BCUT2D eigenvalue weighted by Crippen LogP contribution is -2.53. The van der Waals surface area contributed by atoms with Crippen molar-refractivity contribution >= 4 is 17.7 Å². The van der Waals surface area contributed by atoms with E-state index < -0.39 is 35.5 Å². The number of benzene rings is 1. The quantitative estimate of drug-likeness (QED) is 0.379. The Morgan fingerprint density at radius 2 is 1.55 bits per heavy atom. The molecule has 0 radical (unpaired) electrons. The number of nitriles is 1. The molecule has 1 aromatic rings. The van der Waals surface area contributed by atoms with Gasteiger partial charge in [0.25, 0.3) is 5.60 Å². The monoisotopic (exact) mass is 483 g/mol. The molecule has 0 saturated carbocycles. The molecule has 33 heavy (non-hydrogen) atoms. The van der Waals surface area contributed by atoms with Gasteiger partial charge < -0.3 is 15.1 Å². The average molecular weight is 483 g/mol. The van der Waals surface area contributed by atoms with Gasteiger partial charge in [0.2, 0.25) is 0 Å². The number of carbonyl (C=O) groups is 2. The Morgan fingerprint density at radius 3 is 1.97 bits per heavy atom. The summed E-state index contributed by atoms with van der Waals surface area (Å²) in [5.41, 5.74) is -6.63. The maximum absolute atomic E-state index is 13.1. The zero-order chi connectivity index (χ0) is 25.4. The number of carboxylic acid groups (broad SMARTS) is 1. The smallest absolute Gasteiger partial charge is 0.430 e. The molecule has 1 rings (SSSR count). The second kappa shape index (κ2) is 11.2. The van der Waals surface area contributed by atoms with Crippen LogP contribution in [0, 0.1) is 11.3 Å². The van der Waals surface area contributed by atoms with Crippen molar-refractivity contribution < 1.29 is 46.1 Å². The van der Waals surface area contributed by atoms with Crippen LogP contribution in [0.15, 0.2) is 24.3 Å². The molecule has 0 saturated heterocycles. The third-order valence-electron chi connectivity index (χ3n) is 4.82. The number of aliphatic carboxylic acids is 1. The van der Waals surface area contributed by atoms with E-state index in [1.54, 1.807) is 6.92 Å². The maximum atomic E-state index is 13.1. The van der Waals surface area contributed by atoms with Crippen LogP contribution in [0.1, 0.15) is 38.2 Å². The minimum atomic E-state index is -6.05. The minimum Gasteiger partial charge on any atom is -0.481 e. The van der Waals surface area contributed by atoms with Gasteiger partial charge in [-0.25, -0.2) is 4.79 Å². The number of nitrogens with zero attached hydrogens (tertiary/aromatic N) is 3. The predicted molar refractivity (Wildman–Crippen MR) is 104 cm³/mol. The largest absolute Gasteiger partial charge is 0.481 e. The van der Waals surface area contributed by atoms with Gasteiger partial charge in [-0.15, -0.1) is 0 Å². The van der Waals surface area contributed by atoms with Crippen LogP contribution in [0.2, 0.25) is 0 Å². The second-order valence-electron chi connectivity index (χ2n) is 7.03. The van der Waals surface area contributed by atoms with Gasteiger partial charge in [0, 0.05) is 37.3 Å². The van der Waals surface area contributed by atoms with Crippen LogP contribution in [0.25, 0.3) is 0 Å². The normalized spacial score (nSPS) is 12.2. The zero-order valence-electron chi connectivity index (χ0n) is 17.6. The van der Waals surface area contributed by atoms with Gasteiger partial charge in [0.15, 0.2) is 0 Å². The van der Waals surface area contributed by atoms with Gasteiger partial charge in [0.05, 0.1) is 12.5 Å². The first-order chi connectivity index (χ1) is 15.2. The summed E-state index contributed by atoms with van der Waals surface area (Å²) in [5.74, 6) is -1.07. The molecule has 184 valence electrons. The lowest BCUT2D eigenvalue weighted by molar-refractivity contribution is -0.376. The summed E-state index contributed by atoms with van der Waals surface area (Å²) in [7, 11) is 0. The number of alkyl halides is 6. The summed E-state index contributed by atoms with van der Waals surface area (Å²) in [5, 5.41) is 27.0. The summed E-state index contributed by atoms with van der Waals surface area (Å²) in [4.78, 5) is 25.9. The van der Waals surface area contributed by atoms with Crippen molar-refractivity contribution in [2.24, 2.45) is 0 Å². The van der Waals surface area contributed by atoms with Gasteiger partial charge in [-0.3, -0.25) is 9.69 Å². The molecule has 0 aliphatic carbocycles. The van der Waals surface area contributed by atoms with Crippen molar-refractivity contribution in [1.29, 1.82) is 5.26 Å². The van der Waals surface area contributed by atoms with Gasteiger partial charge in [-0.2, -0.15) is 31.6 Å². The maximum Gasteiger partial charge on any atom is 0.430 e. The molecule has 0 fully saturated rings. The number of carbonyl (C=O) groups excluding carboxylic acids is 1. The molecule has 0 spiro atoms. The fourth-order valence-corrected chi connectivity index (χ4v) is 3.00. The number of hydrogen-bond donors (Lipinski definition) is 2. The van der Waals surface area contributed by atoms with Gasteiger partial charge in [-0.1, -0.05) is 12.1 Å². The molecule has 2 N–H and O–H groups in total. The highest BCUT2D eigenvalue weighted by molar-refractivity contribution is 5.92. The van der Waals surface area contributed by atoms with Crippen molar-refractivity contribution in [3.05, 3.63) is 29.8 Å². The van der Waals surface area contributed by atoms with Crippen LogP contribution >= 0.6 is 0 Å². The number of urea groups is 1. The van der Waals surface area contributed by atoms with E-state index in [0.29, 0.717) is 12.1 Å². The fraction of sp³-hybridized carbons (Fsp3) is 0.550. The molecular formula is C20H23F6N3O4. The molecule has 0 aromatic heterocycles. The average Bonchev–Trinajstić information content (AvgIpc) is 2.72. The van der Waals surface area contributed by atoms with Gasteiger partial charge in [0.1, 0.15) is 0 Å². The number of aliphatic hydroxyl groups is 1. The van der Waals surface area contributed by atoms with Crippen LogP contribution in [-0.4, -0.2) is 59.1 Å². The number of amides is 2. The third-order valence-corrected chi connectivity index (χ3v) is 4.82. The van der Waals surface area contributed by atoms with E-state index in [4.69, 9.17) is 10.4 Å². The summed E-state index contributed by atoms with van der Waals surface area (Å²) >= 11 is 0. The van der Waals surface area contributed by atoms with Crippen molar-refractivity contribution in [3.8, 4) is 6.07 Å². The highest BCUT2D eigenvalue weighted by atomic mass is 19.4. The van der Waals surface area contributed by atoms with E-state index in [1.165, 1.54) is 4.90 Å². The lowest BCUT2D eigenvalue weighted by Gasteiger charge is -2.33. The number of carboxylic acids is 1. The van der Waals surface area contributed by atoms with Crippen LogP contribution in [0.4, 0.5) is 36.8 Å². The Hall–Kier alpha value is -3.01. The Morgan fingerprint density at radius 1 is 1.00 bits per heavy atom. The van der Waals surface area contributed by atoms with E-state index in [-0.39, 0.29) is 51.0 Å². The molecule has 1 aromatic carbocycles. The van der Waals surface area contributed by atoms with Gasteiger partial charge >= 0.3 is 24.4 Å². The molecule has 0 atom stereocenters. The van der Waals surface area contributed by atoms with E-state index in [9.17, 15) is 41.0 Å². The lowest BCUT2D eigenvalue weighted by atomic mass is 9.92. The van der Waals surface area contributed by atoms with Crippen LogP contribution in [0.3, 0.4) is 0 Å². The van der Waals surface area contributed by atoms with Crippen LogP contribution < -0.4 is 4.90 Å². The van der Waals surface area contributed by atoms with Crippen molar-refractivity contribution in [3.63, 3.8) is 0 Å². The highest BCUT2D eigenvalue weighted by Crippen LogP contribution is 2.50. The molecule has 2 amide bonds. The summed E-state index contributed by atoms with van der Waals surface area (Å²) in [6, 6.07) is 3.75. The van der Waals surface area contributed by atoms with E-state index in [2.05, 4.69) is 0 Å². The molecular weight excluding hydrogens is 460 g/mol. The second-order valence-corrected chi connectivity index (χ2v) is 7.03. The van der Waals surface area contributed by atoms with Crippen LogP contribution in [0.5, 0.6) is 0 Å². The molecule has 13 heteroatoms. The minimum absolute atomic E-state index is 0.00440. The Balaban J connectivity index is 3.31. The van der Waals surface area contributed by atoms with E-state index in [0.717, 1.165) is 17.0 Å². The number of hydrogen-bond acceptors (Lipinski definition) is 4. The molecule has 0 unspecified atom stereocenters. The molecule has 0 heterocycles. The summed E-state index contributed by atoms with van der Waals surface area (Å²) in [6.07, 6.45) is -11.9. The SMILES string of the molecule is CCN(CCC#N)C(=O)N(CCCCC(=O)O)c1ccc(C(O)(C(F)(F)F)C(F)(F)F)cc1. The van der Waals surface area contributed by atoms with Crippen molar-refractivity contribution in [2.45, 2.75) is 50.6 Å². The molecule has 0 aliphatic rings. The Kier molecular flexibility index (Phi) is 9.53. The first-order valence-corrected chi connectivity index (χ1v) is 9.82. The first kappa shape index (κ1) is 28.0. The number of rotatable bonds is 10. The third kappa shape index (κ3) is 6.74. The van der Waals surface area contributed by atoms with Gasteiger partial charge in [-0.05, 0) is 31.9 Å². The standard InChI is InChI=1S/C20H23F6N3O4/c1-2-28(12-5-11-27)17(32)29(13-4-3-6-16(30)31)15-9-7-14(8-10-15)18(33,19(21,22)23)20(24,25)26/h7-10,33H,2-6,12-13H2,1H3,(H,30,31). The molecule has 0 bridgehead atoms. The number of unbranched alkanes of at least 4 members (excludes halogenated alkanes) is 1. The first-order valence-electron chi connectivity index (χ1n) is 9.82. The zero-order valence-corrected chi connectivity index (χ0v) is 17.6. The highest BCUT2D eigenvalue weighted by Gasteiger charge is 2.71. The molecule has 0 aliphatic heterocycles. The van der Waals surface area contributed by atoms with E-state index >= 15 is 0 Å². The van der Waals surface area contributed by atoms with E-state index in [1.807, 2.05) is 6.07 Å². The number of anilines is 1. The Bertz CT molecular complexity index is 835. The topological polar surface area (TPSA) is 105 Å². The predicted octanol–water partition coefficient (Wildman–Crippen LogP) is 4.42. The molecule has 7 nitrogen and oxygen atoms in total. The Labute approximate surface area is 185 Å². The fourth-order valence-electron chi connectivity index (χ4n) is 3.00. The van der Waals surface area contributed by atoms with Crippen molar-refractivity contribution in [1.82, 2.24) is 4.90 Å². The summed E-state index contributed by atoms with van der Waals surface area (Å²) < 4.78 is 78.6.